The number of hydrogen-bond donors (Lipinski definition) is 2. The van der Waals surface area contributed by atoms with E-state index in [0.29, 0.717) is 35.8 Å². The Morgan fingerprint density at radius 1 is 1.56 bits per heavy atom. The molecule has 0 bridgehead atoms. The minimum absolute atomic E-state index is 0.125. The van der Waals surface area contributed by atoms with Gasteiger partial charge in [0.2, 0.25) is 0 Å². The average molecular weight is 311 g/mol. The molecule has 0 atom stereocenters. The standard InChI is InChI=1S/C11H11BrN4O2/c12-9-2-1-8(18-9)11(17)16-4-3-6-7(5-16)14-15-10(6)13/h1-2H,3-5H2,(H3,13,14,15). The highest BCUT2D eigenvalue weighted by Gasteiger charge is 2.26. The quantitative estimate of drug-likeness (QED) is 0.836. The zero-order chi connectivity index (χ0) is 12.7. The van der Waals surface area contributed by atoms with Gasteiger partial charge in [0.25, 0.3) is 5.91 Å². The van der Waals surface area contributed by atoms with Crippen LogP contribution in [-0.2, 0) is 13.0 Å². The topological polar surface area (TPSA) is 88.1 Å². The van der Waals surface area contributed by atoms with Crippen LogP contribution in [0.1, 0.15) is 21.8 Å². The zero-order valence-electron chi connectivity index (χ0n) is 9.44. The predicted octanol–water partition coefficient (Wildman–Crippen LogP) is 1.55. The van der Waals surface area contributed by atoms with Crippen LogP contribution in [0, 0.1) is 0 Å². The first-order chi connectivity index (χ1) is 8.65. The number of aromatic amines is 1. The third kappa shape index (κ3) is 1.80. The molecule has 18 heavy (non-hydrogen) atoms. The summed E-state index contributed by atoms with van der Waals surface area (Å²) in [6.45, 7) is 1.10. The molecule has 3 N–H and O–H groups in total. The van der Waals surface area contributed by atoms with E-state index < -0.39 is 0 Å². The summed E-state index contributed by atoms with van der Waals surface area (Å²) in [5, 5.41) is 6.81. The Morgan fingerprint density at radius 3 is 3.11 bits per heavy atom. The Balaban J connectivity index is 1.82. The second-order valence-electron chi connectivity index (χ2n) is 4.15. The lowest BCUT2D eigenvalue weighted by Gasteiger charge is -2.25. The van der Waals surface area contributed by atoms with E-state index in [2.05, 4.69) is 26.1 Å². The first-order valence-corrected chi connectivity index (χ1v) is 6.30. The maximum absolute atomic E-state index is 12.2. The fourth-order valence-corrected chi connectivity index (χ4v) is 2.41. The van der Waals surface area contributed by atoms with Crippen LogP contribution in [0.5, 0.6) is 0 Å². The van der Waals surface area contributed by atoms with Gasteiger partial charge in [-0.25, -0.2) is 0 Å². The summed E-state index contributed by atoms with van der Waals surface area (Å²) in [4.78, 5) is 13.9. The number of halogens is 1. The first-order valence-electron chi connectivity index (χ1n) is 5.51. The Bertz CT molecular complexity index is 604. The van der Waals surface area contributed by atoms with Crippen LogP contribution in [0.4, 0.5) is 5.82 Å². The molecule has 0 aliphatic carbocycles. The van der Waals surface area contributed by atoms with E-state index in [4.69, 9.17) is 10.2 Å². The third-order valence-corrected chi connectivity index (χ3v) is 3.46. The Morgan fingerprint density at radius 2 is 2.39 bits per heavy atom. The van der Waals surface area contributed by atoms with Crippen LogP contribution in [-0.4, -0.2) is 27.5 Å². The maximum atomic E-state index is 12.2. The highest BCUT2D eigenvalue weighted by atomic mass is 79.9. The number of anilines is 1. The van der Waals surface area contributed by atoms with Gasteiger partial charge >= 0.3 is 0 Å². The number of nitrogen functional groups attached to an aromatic ring is 1. The molecule has 7 heteroatoms. The third-order valence-electron chi connectivity index (χ3n) is 3.04. The summed E-state index contributed by atoms with van der Waals surface area (Å²) < 4.78 is 5.82. The smallest absolute Gasteiger partial charge is 0.289 e. The van der Waals surface area contributed by atoms with Gasteiger partial charge in [0.05, 0.1) is 12.2 Å². The number of furan rings is 1. The van der Waals surface area contributed by atoms with Crippen molar-refractivity contribution < 1.29 is 9.21 Å². The SMILES string of the molecule is Nc1n[nH]c2c1CCN(C(=O)c1ccc(Br)o1)C2. The molecular weight excluding hydrogens is 300 g/mol. The number of fused-ring (bicyclic) bond motifs is 1. The van der Waals surface area contributed by atoms with Gasteiger partial charge in [0, 0.05) is 12.1 Å². The van der Waals surface area contributed by atoms with E-state index in [0.717, 1.165) is 11.3 Å². The van der Waals surface area contributed by atoms with E-state index in [1.54, 1.807) is 17.0 Å². The van der Waals surface area contributed by atoms with Crippen molar-refractivity contribution in [1.82, 2.24) is 15.1 Å². The minimum Gasteiger partial charge on any atom is -0.444 e. The van der Waals surface area contributed by atoms with E-state index in [9.17, 15) is 4.79 Å². The van der Waals surface area contributed by atoms with Gasteiger partial charge in [-0.2, -0.15) is 5.10 Å². The van der Waals surface area contributed by atoms with Crippen molar-refractivity contribution in [1.29, 1.82) is 0 Å². The average Bonchev–Trinajstić information content (AvgIpc) is 2.95. The molecule has 0 saturated carbocycles. The fourth-order valence-electron chi connectivity index (χ4n) is 2.10. The number of carbonyl (C=O) groups excluding carboxylic acids is 1. The number of nitrogens with zero attached hydrogens (tertiary/aromatic N) is 2. The van der Waals surface area contributed by atoms with Crippen LogP contribution in [0.2, 0.25) is 0 Å². The van der Waals surface area contributed by atoms with Gasteiger partial charge in [-0.05, 0) is 34.5 Å². The molecule has 3 rings (SSSR count). The molecule has 0 spiro atoms. The molecule has 2 aromatic rings. The predicted molar refractivity (Wildman–Crippen MR) is 67.9 cm³/mol. The van der Waals surface area contributed by atoms with Crippen LogP contribution < -0.4 is 5.73 Å². The number of aromatic nitrogens is 2. The molecule has 1 aliphatic rings. The van der Waals surface area contributed by atoms with Crippen molar-refractivity contribution in [2.75, 3.05) is 12.3 Å². The van der Waals surface area contributed by atoms with Gasteiger partial charge in [-0.3, -0.25) is 9.89 Å². The molecule has 1 aliphatic heterocycles. The summed E-state index contributed by atoms with van der Waals surface area (Å²) in [5.41, 5.74) is 7.64. The summed E-state index contributed by atoms with van der Waals surface area (Å²) in [6, 6.07) is 3.36. The van der Waals surface area contributed by atoms with E-state index >= 15 is 0 Å². The van der Waals surface area contributed by atoms with E-state index in [1.165, 1.54) is 0 Å². The number of rotatable bonds is 1. The van der Waals surface area contributed by atoms with E-state index in [1.807, 2.05) is 0 Å². The van der Waals surface area contributed by atoms with Crippen molar-refractivity contribution in [3.05, 3.63) is 33.8 Å². The number of carbonyl (C=O) groups is 1. The molecule has 94 valence electrons. The highest BCUT2D eigenvalue weighted by molar-refractivity contribution is 9.10. The molecule has 0 radical (unpaired) electrons. The largest absolute Gasteiger partial charge is 0.444 e. The zero-order valence-corrected chi connectivity index (χ0v) is 11.0. The Labute approximate surface area is 111 Å². The molecular formula is C11H11BrN4O2. The molecule has 0 fully saturated rings. The summed E-state index contributed by atoms with van der Waals surface area (Å²) in [6.07, 6.45) is 0.714. The molecule has 0 aromatic carbocycles. The summed E-state index contributed by atoms with van der Waals surface area (Å²) >= 11 is 3.18. The Kier molecular flexibility index (Phi) is 2.62. The molecule has 1 amide bonds. The number of amides is 1. The normalized spacial score (nSPS) is 14.6. The second-order valence-corrected chi connectivity index (χ2v) is 4.93. The Hall–Kier alpha value is -1.76. The summed E-state index contributed by atoms with van der Waals surface area (Å²) in [5.74, 6) is 0.732. The number of H-pyrrole nitrogens is 1. The molecule has 6 nitrogen and oxygen atoms in total. The summed E-state index contributed by atoms with van der Waals surface area (Å²) in [7, 11) is 0. The monoisotopic (exact) mass is 310 g/mol. The highest BCUT2D eigenvalue weighted by Crippen LogP contribution is 2.23. The van der Waals surface area contributed by atoms with Gasteiger partial charge in [-0.15, -0.1) is 0 Å². The fraction of sp³-hybridized carbons (Fsp3) is 0.273. The van der Waals surface area contributed by atoms with Gasteiger partial charge in [0.1, 0.15) is 5.82 Å². The second kappa shape index (κ2) is 4.16. The van der Waals surface area contributed by atoms with Gasteiger partial charge in [-0.1, -0.05) is 0 Å². The molecule has 0 unspecified atom stereocenters. The number of nitrogens with one attached hydrogen (secondary N) is 1. The van der Waals surface area contributed by atoms with Crippen molar-refractivity contribution in [3.63, 3.8) is 0 Å². The molecule has 3 heterocycles. The lowest BCUT2D eigenvalue weighted by molar-refractivity contribution is 0.0699. The maximum Gasteiger partial charge on any atom is 0.289 e. The van der Waals surface area contributed by atoms with Crippen molar-refractivity contribution >= 4 is 27.7 Å². The van der Waals surface area contributed by atoms with Crippen LogP contribution >= 0.6 is 15.9 Å². The molecule has 2 aromatic heterocycles. The van der Waals surface area contributed by atoms with Crippen molar-refractivity contribution in [3.8, 4) is 0 Å². The van der Waals surface area contributed by atoms with Crippen molar-refractivity contribution in [2.24, 2.45) is 0 Å². The van der Waals surface area contributed by atoms with Gasteiger partial charge < -0.3 is 15.1 Å². The number of hydrogen-bond acceptors (Lipinski definition) is 4. The van der Waals surface area contributed by atoms with Crippen LogP contribution in [0.25, 0.3) is 0 Å². The lowest BCUT2D eigenvalue weighted by atomic mass is 10.1. The van der Waals surface area contributed by atoms with Crippen LogP contribution in [0.15, 0.2) is 21.2 Å². The first kappa shape index (κ1) is 11.3. The van der Waals surface area contributed by atoms with Crippen molar-refractivity contribution in [2.45, 2.75) is 13.0 Å². The van der Waals surface area contributed by atoms with E-state index in [-0.39, 0.29) is 5.91 Å². The lowest BCUT2D eigenvalue weighted by Crippen LogP contribution is -2.35. The molecule has 0 saturated heterocycles. The minimum atomic E-state index is -0.125. The van der Waals surface area contributed by atoms with Gasteiger partial charge in [0.15, 0.2) is 10.4 Å². The number of nitrogens with two attached hydrogens (primary N) is 1. The van der Waals surface area contributed by atoms with Crippen LogP contribution in [0.3, 0.4) is 0 Å².